The molecule has 1 aromatic rings. The van der Waals surface area contributed by atoms with Crippen LogP contribution in [0.25, 0.3) is 0 Å². The molecule has 0 aliphatic carbocycles. The Kier molecular flexibility index (Phi) is 4.75. The topological polar surface area (TPSA) is 45.8 Å². The number of halogens is 2. The van der Waals surface area contributed by atoms with Crippen molar-refractivity contribution < 1.29 is 4.39 Å². The van der Waals surface area contributed by atoms with Gasteiger partial charge in [0.2, 0.25) is 0 Å². The Balaban J connectivity index is 2.69. The SMILES string of the molecule is N#CCCCCn1cc(F)cc(I)c1=O. The first-order valence-electron chi connectivity index (χ1n) is 4.57. The van der Waals surface area contributed by atoms with Crippen LogP contribution in [0.5, 0.6) is 0 Å². The van der Waals surface area contributed by atoms with E-state index in [0.29, 0.717) is 23.0 Å². The summed E-state index contributed by atoms with van der Waals surface area (Å²) in [4.78, 5) is 11.5. The highest BCUT2D eigenvalue weighted by Gasteiger charge is 2.03. The van der Waals surface area contributed by atoms with Crippen LogP contribution in [0.1, 0.15) is 19.3 Å². The van der Waals surface area contributed by atoms with E-state index >= 15 is 0 Å². The van der Waals surface area contributed by atoms with Crippen molar-refractivity contribution in [2.24, 2.45) is 0 Å². The van der Waals surface area contributed by atoms with E-state index in [9.17, 15) is 9.18 Å². The molecule has 0 atom stereocenters. The predicted octanol–water partition coefficient (Wildman–Crippen LogP) is 2.29. The zero-order valence-corrected chi connectivity index (χ0v) is 10.2. The van der Waals surface area contributed by atoms with Crippen LogP contribution in [0.2, 0.25) is 0 Å². The van der Waals surface area contributed by atoms with E-state index < -0.39 is 5.82 Å². The third-order valence-electron chi connectivity index (χ3n) is 1.95. The molecule has 5 heteroatoms. The molecule has 0 aromatic carbocycles. The molecule has 0 aliphatic rings. The summed E-state index contributed by atoms with van der Waals surface area (Å²) in [6.07, 6.45) is 3.13. The molecule has 0 saturated heterocycles. The van der Waals surface area contributed by atoms with Gasteiger partial charge in [-0.05, 0) is 41.5 Å². The smallest absolute Gasteiger partial charge is 0.264 e. The van der Waals surface area contributed by atoms with Crippen molar-refractivity contribution in [1.82, 2.24) is 4.57 Å². The summed E-state index contributed by atoms with van der Waals surface area (Å²) >= 11 is 1.82. The molecule has 0 bridgehead atoms. The number of hydrogen-bond acceptors (Lipinski definition) is 2. The lowest BCUT2D eigenvalue weighted by atomic mass is 10.2. The molecule has 80 valence electrons. The molecule has 1 aromatic heterocycles. The average Bonchev–Trinajstić information content (AvgIpc) is 2.19. The van der Waals surface area contributed by atoms with E-state index in [2.05, 4.69) is 0 Å². The first kappa shape index (κ1) is 12.2. The Bertz CT molecular complexity index is 436. The molecule has 0 unspecified atom stereocenters. The summed E-state index contributed by atoms with van der Waals surface area (Å²) in [6, 6.07) is 3.25. The van der Waals surface area contributed by atoms with Gasteiger partial charge in [0.05, 0.1) is 9.64 Å². The van der Waals surface area contributed by atoms with Gasteiger partial charge in [-0.1, -0.05) is 0 Å². The van der Waals surface area contributed by atoms with Crippen LogP contribution in [0, 0.1) is 20.7 Å². The van der Waals surface area contributed by atoms with E-state index in [1.807, 2.05) is 28.7 Å². The zero-order valence-electron chi connectivity index (χ0n) is 8.04. The summed E-state index contributed by atoms with van der Waals surface area (Å²) in [5.41, 5.74) is -0.172. The van der Waals surface area contributed by atoms with E-state index in [0.717, 1.165) is 6.42 Å². The molecular formula is C10H10FIN2O. The fourth-order valence-electron chi connectivity index (χ4n) is 1.22. The van der Waals surface area contributed by atoms with Crippen LogP contribution in [-0.2, 0) is 6.54 Å². The Hall–Kier alpha value is -0.900. The maximum Gasteiger partial charge on any atom is 0.264 e. The van der Waals surface area contributed by atoms with Gasteiger partial charge in [0.15, 0.2) is 0 Å². The van der Waals surface area contributed by atoms with Crippen molar-refractivity contribution in [3.63, 3.8) is 0 Å². The van der Waals surface area contributed by atoms with Crippen molar-refractivity contribution >= 4 is 22.6 Å². The van der Waals surface area contributed by atoms with E-state index in [4.69, 9.17) is 5.26 Å². The normalized spacial score (nSPS) is 9.93. The molecule has 0 radical (unpaired) electrons. The summed E-state index contributed by atoms with van der Waals surface area (Å²) in [5.74, 6) is -0.403. The van der Waals surface area contributed by atoms with E-state index in [1.165, 1.54) is 16.8 Å². The molecule has 3 nitrogen and oxygen atoms in total. The van der Waals surface area contributed by atoms with Crippen LogP contribution in [-0.4, -0.2) is 4.57 Å². The lowest BCUT2D eigenvalue weighted by molar-refractivity contribution is 0.553. The van der Waals surface area contributed by atoms with Crippen LogP contribution in [0.3, 0.4) is 0 Å². The van der Waals surface area contributed by atoms with Crippen LogP contribution >= 0.6 is 22.6 Å². The lowest BCUT2D eigenvalue weighted by Crippen LogP contribution is -2.22. The predicted molar refractivity (Wildman–Crippen MR) is 62.8 cm³/mol. The monoisotopic (exact) mass is 320 g/mol. The maximum absolute atomic E-state index is 13.0. The van der Waals surface area contributed by atoms with Crippen molar-refractivity contribution in [3.8, 4) is 6.07 Å². The molecule has 15 heavy (non-hydrogen) atoms. The number of aryl methyl sites for hydroxylation is 1. The number of aromatic nitrogens is 1. The van der Waals surface area contributed by atoms with E-state index in [1.54, 1.807) is 0 Å². The van der Waals surface area contributed by atoms with Gasteiger partial charge in [0.1, 0.15) is 5.82 Å². The van der Waals surface area contributed by atoms with Gasteiger partial charge in [0.25, 0.3) is 5.56 Å². The molecule has 0 fully saturated rings. The first-order valence-corrected chi connectivity index (χ1v) is 5.65. The molecule has 0 aliphatic heterocycles. The van der Waals surface area contributed by atoms with E-state index in [-0.39, 0.29) is 5.56 Å². The van der Waals surface area contributed by atoms with Gasteiger partial charge >= 0.3 is 0 Å². The first-order chi connectivity index (χ1) is 7.15. The molecule has 0 saturated carbocycles. The Morgan fingerprint density at radius 3 is 2.93 bits per heavy atom. The molecule has 0 amide bonds. The van der Waals surface area contributed by atoms with Crippen LogP contribution < -0.4 is 5.56 Å². The van der Waals surface area contributed by atoms with Gasteiger partial charge in [-0.25, -0.2) is 4.39 Å². The number of hydrogen-bond donors (Lipinski definition) is 0. The molecular weight excluding hydrogens is 310 g/mol. The highest BCUT2D eigenvalue weighted by atomic mass is 127. The fourth-order valence-corrected chi connectivity index (χ4v) is 1.82. The van der Waals surface area contributed by atoms with Crippen molar-refractivity contribution in [3.05, 3.63) is 32.0 Å². The zero-order chi connectivity index (χ0) is 11.3. The molecule has 0 N–H and O–H groups in total. The second kappa shape index (κ2) is 5.85. The van der Waals surface area contributed by atoms with Crippen molar-refractivity contribution in [2.75, 3.05) is 0 Å². The molecule has 0 spiro atoms. The third kappa shape index (κ3) is 3.63. The van der Waals surface area contributed by atoms with Crippen molar-refractivity contribution in [2.45, 2.75) is 25.8 Å². The quantitative estimate of drug-likeness (QED) is 0.631. The second-order valence-electron chi connectivity index (χ2n) is 3.12. The highest BCUT2D eigenvalue weighted by Crippen LogP contribution is 2.03. The standard InChI is InChI=1S/C10H10FIN2O/c11-8-6-9(12)10(15)14(7-8)5-3-1-2-4-13/h6-7H,1-3,5H2. The number of rotatable bonds is 4. The Labute approximate surface area is 101 Å². The number of pyridine rings is 1. The largest absolute Gasteiger partial charge is 0.312 e. The number of nitrogens with zero attached hydrogens (tertiary/aromatic N) is 2. The average molecular weight is 320 g/mol. The summed E-state index contributed by atoms with van der Waals surface area (Å²) in [6.45, 7) is 0.467. The van der Waals surface area contributed by atoms with Gasteiger partial charge in [-0.2, -0.15) is 5.26 Å². The lowest BCUT2D eigenvalue weighted by Gasteiger charge is -2.05. The van der Waals surface area contributed by atoms with Gasteiger partial charge in [-0.15, -0.1) is 0 Å². The van der Waals surface area contributed by atoms with Gasteiger partial charge in [0, 0.05) is 19.2 Å². The Morgan fingerprint density at radius 2 is 2.27 bits per heavy atom. The maximum atomic E-state index is 13.0. The number of unbranched alkanes of at least 4 members (excludes halogenated alkanes) is 2. The van der Waals surface area contributed by atoms with Gasteiger partial charge < -0.3 is 4.57 Å². The summed E-state index contributed by atoms with van der Waals surface area (Å²) in [7, 11) is 0. The van der Waals surface area contributed by atoms with Crippen molar-refractivity contribution in [1.29, 1.82) is 5.26 Å². The van der Waals surface area contributed by atoms with Crippen LogP contribution in [0.15, 0.2) is 17.1 Å². The minimum Gasteiger partial charge on any atom is -0.312 e. The summed E-state index contributed by atoms with van der Waals surface area (Å²) < 4.78 is 14.7. The number of nitriles is 1. The van der Waals surface area contributed by atoms with Crippen LogP contribution in [0.4, 0.5) is 4.39 Å². The minimum atomic E-state index is -0.403. The third-order valence-corrected chi connectivity index (χ3v) is 2.72. The fraction of sp³-hybridized carbons (Fsp3) is 0.400. The Morgan fingerprint density at radius 1 is 1.53 bits per heavy atom. The minimum absolute atomic E-state index is 0.172. The summed E-state index contributed by atoms with van der Waals surface area (Å²) in [5, 5.41) is 8.33. The molecule has 1 rings (SSSR count). The highest BCUT2D eigenvalue weighted by molar-refractivity contribution is 14.1. The van der Waals surface area contributed by atoms with Gasteiger partial charge in [-0.3, -0.25) is 4.79 Å². The molecule has 1 heterocycles. The second-order valence-corrected chi connectivity index (χ2v) is 4.28.